The van der Waals surface area contributed by atoms with Gasteiger partial charge in [-0.15, -0.1) is 0 Å². The number of hydrogen-bond acceptors (Lipinski definition) is 6. The van der Waals surface area contributed by atoms with E-state index in [1.807, 2.05) is 20.8 Å². The number of phenols is 3. The van der Waals surface area contributed by atoms with Crippen LogP contribution >= 0.6 is 0 Å². The van der Waals surface area contributed by atoms with Crippen molar-refractivity contribution in [1.82, 2.24) is 0 Å². The number of carbonyl (C=O) groups excluding carboxylic acids is 1. The van der Waals surface area contributed by atoms with Crippen molar-refractivity contribution in [2.24, 2.45) is 5.92 Å². The van der Waals surface area contributed by atoms with Crippen LogP contribution in [-0.2, 0) is 6.42 Å². The summed E-state index contributed by atoms with van der Waals surface area (Å²) in [4.78, 5) is 13.1. The summed E-state index contributed by atoms with van der Waals surface area (Å²) in [5.41, 5.74) is 2.88. The monoisotopic (exact) mass is 452 g/mol. The second-order valence-electron chi connectivity index (χ2n) is 8.19. The highest BCUT2D eigenvalue weighted by Gasteiger charge is 2.24. The predicted octanol–water partition coefficient (Wildman–Crippen LogP) is 5.81. The third kappa shape index (κ3) is 6.42. The Bertz CT molecular complexity index is 1090. The molecular formula is C27H32O6. The Morgan fingerprint density at radius 3 is 2.30 bits per heavy atom. The molecule has 1 atom stereocenters. The molecule has 33 heavy (non-hydrogen) atoms. The van der Waals surface area contributed by atoms with Gasteiger partial charge in [0.05, 0.1) is 14.2 Å². The van der Waals surface area contributed by atoms with Crippen LogP contribution in [0, 0.1) is 5.92 Å². The smallest absolute Gasteiger partial charge is 0.193 e. The molecule has 0 aliphatic heterocycles. The van der Waals surface area contributed by atoms with Crippen molar-refractivity contribution in [3.05, 3.63) is 70.8 Å². The molecule has 0 spiro atoms. The largest absolute Gasteiger partial charge is 0.508 e. The molecule has 2 aromatic carbocycles. The highest BCUT2D eigenvalue weighted by Crippen LogP contribution is 2.41. The fourth-order valence-corrected chi connectivity index (χ4v) is 3.44. The molecule has 0 saturated heterocycles. The Kier molecular flexibility index (Phi) is 8.74. The first-order valence-corrected chi connectivity index (χ1v) is 10.6. The van der Waals surface area contributed by atoms with Gasteiger partial charge in [0.25, 0.3) is 0 Å². The zero-order valence-corrected chi connectivity index (χ0v) is 19.8. The lowest BCUT2D eigenvalue weighted by Gasteiger charge is -2.19. The Morgan fingerprint density at radius 1 is 1.06 bits per heavy atom. The van der Waals surface area contributed by atoms with E-state index in [-0.39, 0.29) is 40.0 Å². The van der Waals surface area contributed by atoms with Crippen molar-refractivity contribution < 1.29 is 29.6 Å². The van der Waals surface area contributed by atoms with Gasteiger partial charge in [-0.3, -0.25) is 4.79 Å². The molecule has 0 unspecified atom stereocenters. The van der Waals surface area contributed by atoms with E-state index in [2.05, 4.69) is 12.7 Å². The number of allylic oxidation sites excluding steroid dienone is 4. The number of methoxy groups -OCH3 is 2. The van der Waals surface area contributed by atoms with E-state index in [0.717, 1.165) is 11.1 Å². The van der Waals surface area contributed by atoms with Crippen LogP contribution in [0.5, 0.6) is 28.7 Å². The maximum Gasteiger partial charge on any atom is 0.193 e. The molecule has 0 radical (unpaired) electrons. The number of benzene rings is 2. The van der Waals surface area contributed by atoms with Crippen LogP contribution in [0.2, 0.25) is 0 Å². The first kappa shape index (κ1) is 25.6. The highest BCUT2D eigenvalue weighted by atomic mass is 16.5. The maximum absolute atomic E-state index is 13.1. The summed E-state index contributed by atoms with van der Waals surface area (Å²) >= 11 is 0. The minimum atomic E-state index is -0.503. The quantitative estimate of drug-likeness (QED) is 0.239. The summed E-state index contributed by atoms with van der Waals surface area (Å²) in [5.74, 6) is -0.488. The molecule has 176 valence electrons. The van der Waals surface area contributed by atoms with Crippen LogP contribution in [0.3, 0.4) is 0 Å². The SMILES string of the molecule is C=C(C)[C@@H](CC=C(C)C)Cc1c(O)cc(OC)c(C(=O)/C=C/c2ccc(O)cc2OC)c1O. The van der Waals surface area contributed by atoms with Gasteiger partial charge in [0, 0.05) is 23.3 Å². The molecule has 2 aromatic rings. The van der Waals surface area contributed by atoms with Crippen LogP contribution in [-0.4, -0.2) is 35.3 Å². The van der Waals surface area contributed by atoms with Crippen molar-refractivity contribution in [2.45, 2.75) is 33.6 Å². The molecule has 6 nitrogen and oxygen atoms in total. The minimum Gasteiger partial charge on any atom is -0.508 e. The summed E-state index contributed by atoms with van der Waals surface area (Å²) in [6.07, 6.45) is 5.91. The zero-order valence-electron chi connectivity index (χ0n) is 19.8. The van der Waals surface area contributed by atoms with Gasteiger partial charge < -0.3 is 24.8 Å². The number of phenolic OH excluding ortho intramolecular Hbond substituents is 3. The van der Waals surface area contributed by atoms with E-state index in [4.69, 9.17) is 9.47 Å². The molecule has 6 heteroatoms. The molecule has 0 aliphatic rings. The average Bonchev–Trinajstić information content (AvgIpc) is 2.76. The lowest BCUT2D eigenvalue weighted by Crippen LogP contribution is -2.08. The number of carbonyl (C=O) groups is 1. The lowest BCUT2D eigenvalue weighted by molar-refractivity contribution is 0.104. The highest BCUT2D eigenvalue weighted by molar-refractivity contribution is 6.11. The third-order valence-electron chi connectivity index (χ3n) is 5.40. The number of ketones is 1. The van der Waals surface area contributed by atoms with Crippen molar-refractivity contribution in [3.8, 4) is 28.7 Å². The van der Waals surface area contributed by atoms with E-state index in [1.54, 1.807) is 6.07 Å². The van der Waals surface area contributed by atoms with Gasteiger partial charge >= 0.3 is 0 Å². The minimum absolute atomic E-state index is 0.0233. The Balaban J connectivity index is 2.47. The second-order valence-corrected chi connectivity index (χ2v) is 8.19. The summed E-state index contributed by atoms with van der Waals surface area (Å²) < 4.78 is 10.5. The molecule has 3 N–H and O–H groups in total. The fourth-order valence-electron chi connectivity index (χ4n) is 3.44. The third-order valence-corrected chi connectivity index (χ3v) is 5.40. The van der Waals surface area contributed by atoms with Crippen molar-refractivity contribution in [2.75, 3.05) is 14.2 Å². The van der Waals surface area contributed by atoms with Gasteiger partial charge in [-0.1, -0.05) is 23.8 Å². The van der Waals surface area contributed by atoms with Gasteiger partial charge in [0.2, 0.25) is 0 Å². The summed E-state index contributed by atoms with van der Waals surface area (Å²) in [7, 11) is 2.82. The molecule has 0 amide bonds. The molecule has 0 heterocycles. The topological polar surface area (TPSA) is 96.2 Å². The molecule has 0 saturated carbocycles. The van der Waals surface area contributed by atoms with Crippen molar-refractivity contribution in [3.63, 3.8) is 0 Å². The van der Waals surface area contributed by atoms with E-state index in [1.165, 1.54) is 44.6 Å². The second kappa shape index (κ2) is 11.3. The summed E-state index contributed by atoms with van der Waals surface area (Å²) in [5, 5.41) is 31.2. The van der Waals surface area contributed by atoms with Gasteiger partial charge in [0.15, 0.2) is 5.78 Å². The van der Waals surface area contributed by atoms with Crippen molar-refractivity contribution in [1.29, 1.82) is 0 Å². The number of hydrogen-bond donors (Lipinski definition) is 3. The van der Waals surface area contributed by atoms with Crippen LogP contribution in [0.1, 0.15) is 48.7 Å². The Hall–Kier alpha value is -3.67. The van der Waals surface area contributed by atoms with E-state index in [0.29, 0.717) is 24.2 Å². The molecule has 0 aromatic heterocycles. The lowest BCUT2D eigenvalue weighted by atomic mass is 9.88. The van der Waals surface area contributed by atoms with Crippen LogP contribution in [0.15, 0.2) is 54.1 Å². The maximum atomic E-state index is 13.1. The first-order valence-electron chi connectivity index (χ1n) is 10.6. The average molecular weight is 453 g/mol. The van der Waals surface area contributed by atoms with Gasteiger partial charge in [0.1, 0.15) is 34.3 Å². The normalized spacial score (nSPS) is 11.8. The van der Waals surface area contributed by atoms with Crippen LogP contribution < -0.4 is 9.47 Å². The molecular weight excluding hydrogens is 420 g/mol. The van der Waals surface area contributed by atoms with E-state index in [9.17, 15) is 20.1 Å². The Morgan fingerprint density at radius 2 is 1.73 bits per heavy atom. The molecule has 2 rings (SSSR count). The van der Waals surface area contributed by atoms with Gasteiger partial charge in [-0.05, 0) is 63.8 Å². The fraction of sp³-hybridized carbons (Fsp3) is 0.296. The number of ether oxygens (including phenoxy) is 2. The van der Waals surface area contributed by atoms with E-state index < -0.39 is 5.78 Å². The van der Waals surface area contributed by atoms with Crippen LogP contribution in [0.25, 0.3) is 6.08 Å². The predicted molar refractivity (Wildman–Crippen MR) is 130 cm³/mol. The number of rotatable bonds is 10. The molecule has 0 fully saturated rings. The van der Waals surface area contributed by atoms with Crippen molar-refractivity contribution >= 4 is 11.9 Å². The zero-order chi connectivity index (χ0) is 24.7. The molecule has 0 aliphatic carbocycles. The Labute approximate surface area is 195 Å². The van der Waals surface area contributed by atoms with E-state index >= 15 is 0 Å². The van der Waals surface area contributed by atoms with Crippen LogP contribution in [0.4, 0.5) is 0 Å². The summed E-state index contributed by atoms with van der Waals surface area (Å²) in [6.45, 7) is 9.95. The first-order chi connectivity index (χ1) is 15.6. The molecule has 0 bridgehead atoms. The summed E-state index contributed by atoms with van der Waals surface area (Å²) in [6, 6.07) is 5.87. The standard InChI is InChI=1S/C27H32O6/c1-16(2)7-8-19(17(3)4)13-21-23(30)15-25(33-6)26(27(21)31)22(29)12-10-18-9-11-20(28)14-24(18)32-5/h7,9-12,14-15,19,28,30-31H,3,8,13H2,1-2,4-6H3/b12-10+/t19-/m0/s1. The van der Waals surface area contributed by atoms with Gasteiger partial charge in [-0.2, -0.15) is 0 Å². The van der Waals surface area contributed by atoms with Gasteiger partial charge in [-0.25, -0.2) is 0 Å². The number of aromatic hydroxyl groups is 3.